The summed E-state index contributed by atoms with van der Waals surface area (Å²) in [5.74, 6) is 2.15. The monoisotopic (exact) mass is 450 g/mol. The number of ether oxygens (including phenoxy) is 2. The Morgan fingerprint density at radius 3 is 2.22 bits per heavy atom. The predicted octanol–water partition coefficient (Wildman–Crippen LogP) is 1.17. The van der Waals surface area contributed by atoms with Crippen molar-refractivity contribution in [1.82, 2.24) is 9.80 Å². The molecule has 3 aliphatic heterocycles. The van der Waals surface area contributed by atoms with Gasteiger partial charge in [0.2, 0.25) is 0 Å². The minimum atomic E-state index is -0.449. The van der Waals surface area contributed by atoms with Crippen molar-refractivity contribution in [2.45, 2.75) is 19.1 Å². The fourth-order valence-electron chi connectivity index (χ4n) is 4.26. The molecule has 3 heterocycles. The average Bonchev–Trinajstić information content (AvgIpc) is 3.37. The molecule has 1 unspecified atom stereocenters. The molecule has 2 saturated heterocycles. The van der Waals surface area contributed by atoms with Crippen LogP contribution < -0.4 is 4.74 Å². The van der Waals surface area contributed by atoms with Crippen LogP contribution in [0.15, 0.2) is 36.4 Å². The highest BCUT2D eigenvalue weighted by Gasteiger charge is 2.37. The Balaban J connectivity index is 0.000000547. The van der Waals surface area contributed by atoms with E-state index in [1.54, 1.807) is 0 Å². The van der Waals surface area contributed by atoms with E-state index in [1.165, 1.54) is 5.56 Å². The summed E-state index contributed by atoms with van der Waals surface area (Å²) in [5.41, 5.74) is 1.30. The maximum absolute atomic E-state index is 10.3. The molecule has 32 heavy (non-hydrogen) atoms. The van der Waals surface area contributed by atoms with Crippen LogP contribution in [0.4, 0.5) is 0 Å². The Morgan fingerprint density at radius 1 is 1.03 bits per heavy atom. The SMILES string of the molecule is O=CO.O=CO.OC(COc1ccc(CN2CC=CCC2)cc1)CN1C[C@H]2COC[C@H]2C1. The van der Waals surface area contributed by atoms with E-state index < -0.39 is 6.10 Å². The zero-order valence-corrected chi connectivity index (χ0v) is 18.3. The van der Waals surface area contributed by atoms with Crippen LogP contribution in [0.3, 0.4) is 0 Å². The number of β-amino-alcohol motifs (C(OH)–C–C–N with tert-alkyl or cyclic N) is 1. The lowest BCUT2D eigenvalue weighted by molar-refractivity contribution is -0.123. The second kappa shape index (κ2) is 14.6. The Hall–Kier alpha value is -2.46. The fourth-order valence-corrected chi connectivity index (χ4v) is 4.26. The molecule has 0 bridgehead atoms. The predicted molar refractivity (Wildman–Crippen MR) is 119 cm³/mol. The van der Waals surface area contributed by atoms with E-state index in [-0.39, 0.29) is 12.9 Å². The number of likely N-dealkylation sites (tertiary alicyclic amines) is 1. The normalized spacial score (nSPS) is 23.2. The molecule has 9 nitrogen and oxygen atoms in total. The largest absolute Gasteiger partial charge is 0.491 e. The molecule has 0 amide bonds. The Labute approximate surface area is 188 Å². The van der Waals surface area contributed by atoms with E-state index in [0.717, 1.165) is 58.1 Å². The first-order valence-corrected chi connectivity index (χ1v) is 10.8. The molecule has 3 aliphatic rings. The zero-order chi connectivity index (χ0) is 23.2. The number of hydrogen-bond acceptors (Lipinski definition) is 7. The lowest BCUT2D eigenvalue weighted by Crippen LogP contribution is -2.35. The van der Waals surface area contributed by atoms with Crippen LogP contribution in [0.2, 0.25) is 0 Å². The van der Waals surface area contributed by atoms with Gasteiger partial charge in [-0.05, 0) is 24.1 Å². The second-order valence-corrected chi connectivity index (χ2v) is 8.09. The number of aliphatic hydroxyl groups is 1. The standard InChI is InChI=1S/C21H30N2O3.2CH2O2/c24-20(13-23-11-18-14-25-15-19(18)12-23)16-26-21-6-4-17(5-7-21)10-22-8-2-1-3-9-22;2*2-1-3/h1-2,4-7,18-20,24H,3,8-16H2;2*1H,(H,2,3)/t18-,19+,20?;;. The van der Waals surface area contributed by atoms with Gasteiger partial charge in [0, 0.05) is 51.1 Å². The highest BCUT2D eigenvalue weighted by atomic mass is 16.5. The third kappa shape index (κ3) is 8.96. The molecule has 2 fully saturated rings. The van der Waals surface area contributed by atoms with Gasteiger partial charge in [0.15, 0.2) is 0 Å². The summed E-state index contributed by atoms with van der Waals surface area (Å²) in [7, 11) is 0. The van der Waals surface area contributed by atoms with E-state index in [0.29, 0.717) is 25.0 Å². The lowest BCUT2D eigenvalue weighted by Gasteiger charge is -2.23. The maximum Gasteiger partial charge on any atom is 0.290 e. The first-order valence-electron chi connectivity index (χ1n) is 10.8. The number of fused-ring (bicyclic) bond motifs is 1. The van der Waals surface area contributed by atoms with Crippen molar-refractivity contribution in [3.8, 4) is 5.75 Å². The van der Waals surface area contributed by atoms with Crippen molar-refractivity contribution >= 4 is 12.9 Å². The molecule has 0 spiro atoms. The van der Waals surface area contributed by atoms with Gasteiger partial charge < -0.3 is 24.8 Å². The van der Waals surface area contributed by atoms with Crippen LogP contribution in [0.25, 0.3) is 0 Å². The third-order valence-corrected chi connectivity index (χ3v) is 5.70. The van der Waals surface area contributed by atoms with E-state index >= 15 is 0 Å². The minimum absolute atomic E-state index is 0.250. The molecule has 3 atom stereocenters. The summed E-state index contributed by atoms with van der Waals surface area (Å²) in [5, 5.41) is 24.1. The van der Waals surface area contributed by atoms with E-state index in [2.05, 4.69) is 34.1 Å². The third-order valence-electron chi connectivity index (χ3n) is 5.70. The Bertz CT molecular complexity index is 680. The summed E-state index contributed by atoms with van der Waals surface area (Å²) in [6, 6.07) is 8.28. The van der Waals surface area contributed by atoms with Crippen LogP contribution >= 0.6 is 0 Å². The number of hydrogen-bond donors (Lipinski definition) is 3. The molecular formula is C23H34N2O7. The second-order valence-electron chi connectivity index (χ2n) is 8.09. The topological polar surface area (TPSA) is 120 Å². The molecule has 4 rings (SSSR count). The summed E-state index contributed by atoms with van der Waals surface area (Å²) >= 11 is 0. The maximum atomic E-state index is 10.3. The Kier molecular flexibility index (Phi) is 11.7. The highest BCUT2D eigenvalue weighted by molar-refractivity contribution is 5.33. The van der Waals surface area contributed by atoms with E-state index in [4.69, 9.17) is 29.3 Å². The van der Waals surface area contributed by atoms with Gasteiger partial charge >= 0.3 is 0 Å². The minimum Gasteiger partial charge on any atom is -0.491 e. The Morgan fingerprint density at radius 2 is 1.66 bits per heavy atom. The number of aliphatic hydroxyl groups excluding tert-OH is 1. The summed E-state index contributed by atoms with van der Waals surface area (Å²) in [4.78, 5) is 21.5. The van der Waals surface area contributed by atoms with Gasteiger partial charge in [-0.3, -0.25) is 19.4 Å². The molecule has 1 aromatic carbocycles. The van der Waals surface area contributed by atoms with Crippen molar-refractivity contribution < 1.29 is 34.4 Å². The lowest BCUT2D eigenvalue weighted by atomic mass is 10.0. The van der Waals surface area contributed by atoms with Gasteiger partial charge in [0.05, 0.1) is 13.2 Å². The molecule has 3 N–H and O–H groups in total. The summed E-state index contributed by atoms with van der Waals surface area (Å²) in [6.07, 6.45) is 5.18. The average molecular weight is 451 g/mol. The van der Waals surface area contributed by atoms with Crippen LogP contribution in [0.5, 0.6) is 5.75 Å². The van der Waals surface area contributed by atoms with Crippen LogP contribution in [0, 0.1) is 11.8 Å². The van der Waals surface area contributed by atoms with Crippen molar-refractivity contribution in [2.75, 3.05) is 52.5 Å². The van der Waals surface area contributed by atoms with Gasteiger partial charge in [-0.2, -0.15) is 0 Å². The first-order chi connectivity index (χ1) is 15.6. The number of carbonyl (C=O) groups is 2. The molecule has 178 valence electrons. The smallest absolute Gasteiger partial charge is 0.290 e. The highest BCUT2D eigenvalue weighted by Crippen LogP contribution is 2.29. The van der Waals surface area contributed by atoms with E-state index in [9.17, 15) is 5.11 Å². The molecule has 0 aliphatic carbocycles. The molecule has 0 radical (unpaired) electrons. The van der Waals surface area contributed by atoms with Crippen molar-refractivity contribution in [3.05, 3.63) is 42.0 Å². The van der Waals surface area contributed by atoms with Crippen LogP contribution in [0.1, 0.15) is 12.0 Å². The van der Waals surface area contributed by atoms with Crippen molar-refractivity contribution in [1.29, 1.82) is 0 Å². The molecule has 9 heteroatoms. The number of benzene rings is 1. The van der Waals surface area contributed by atoms with Gasteiger partial charge in [0.25, 0.3) is 12.9 Å². The number of rotatable bonds is 7. The van der Waals surface area contributed by atoms with Crippen molar-refractivity contribution in [2.24, 2.45) is 11.8 Å². The molecule has 0 aromatic heterocycles. The van der Waals surface area contributed by atoms with Crippen LogP contribution in [-0.4, -0.2) is 96.7 Å². The van der Waals surface area contributed by atoms with Crippen LogP contribution in [-0.2, 0) is 20.9 Å². The number of nitrogens with zero attached hydrogens (tertiary/aromatic N) is 2. The zero-order valence-electron chi connectivity index (χ0n) is 18.3. The van der Waals surface area contributed by atoms with E-state index in [1.807, 2.05) is 12.1 Å². The summed E-state index contributed by atoms with van der Waals surface area (Å²) in [6.45, 7) is 7.53. The molecule has 1 aromatic rings. The fraction of sp³-hybridized carbons (Fsp3) is 0.565. The molecular weight excluding hydrogens is 416 g/mol. The quantitative estimate of drug-likeness (QED) is 0.415. The number of carboxylic acid groups (broad SMARTS) is 2. The van der Waals surface area contributed by atoms with Gasteiger partial charge in [0.1, 0.15) is 18.5 Å². The summed E-state index contributed by atoms with van der Waals surface area (Å²) < 4.78 is 11.3. The first kappa shape index (κ1) is 25.8. The molecule has 0 saturated carbocycles. The van der Waals surface area contributed by atoms with Crippen molar-refractivity contribution in [3.63, 3.8) is 0 Å². The van der Waals surface area contributed by atoms with Gasteiger partial charge in [-0.1, -0.05) is 24.3 Å². The van der Waals surface area contributed by atoms with Gasteiger partial charge in [-0.25, -0.2) is 0 Å². The van der Waals surface area contributed by atoms with Gasteiger partial charge in [-0.15, -0.1) is 0 Å².